The molecule has 162 valence electrons. The molecule has 1 unspecified atom stereocenters. The number of nitrogens with zero attached hydrogens (tertiary/aromatic N) is 3. The van der Waals surface area contributed by atoms with Gasteiger partial charge in [0, 0.05) is 49.2 Å². The van der Waals surface area contributed by atoms with Crippen molar-refractivity contribution in [2.24, 2.45) is 0 Å². The Labute approximate surface area is 172 Å². The SMILES string of the molecule is CCCc1cc(N2CCC(NC(C)=O)C2)nc(Nc2ccc(N)c(C(F)(F)F)c2)n1. The van der Waals surface area contributed by atoms with Crippen molar-refractivity contribution >= 4 is 29.0 Å². The van der Waals surface area contributed by atoms with Crippen molar-refractivity contribution in [2.75, 3.05) is 29.0 Å². The monoisotopic (exact) mass is 422 g/mol. The molecule has 0 spiro atoms. The molecule has 2 heterocycles. The third-order valence-electron chi connectivity index (χ3n) is 4.81. The molecule has 4 N–H and O–H groups in total. The fourth-order valence-corrected chi connectivity index (χ4v) is 3.47. The van der Waals surface area contributed by atoms with Crippen LogP contribution in [0, 0.1) is 0 Å². The van der Waals surface area contributed by atoms with Crippen molar-refractivity contribution in [2.45, 2.75) is 45.3 Å². The van der Waals surface area contributed by atoms with Crippen molar-refractivity contribution in [3.63, 3.8) is 0 Å². The Morgan fingerprint density at radius 1 is 1.30 bits per heavy atom. The molecule has 0 bridgehead atoms. The summed E-state index contributed by atoms with van der Waals surface area (Å²) in [5, 5.41) is 5.78. The van der Waals surface area contributed by atoms with Gasteiger partial charge in [0.15, 0.2) is 0 Å². The summed E-state index contributed by atoms with van der Waals surface area (Å²) in [5.41, 5.74) is 5.22. The van der Waals surface area contributed by atoms with Gasteiger partial charge in [-0.05, 0) is 31.0 Å². The first-order valence-electron chi connectivity index (χ1n) is 9.79. The molecule has 30 heavy (non-hydrogen) atoms. The highest BCUT2D eigenvalue weighted by Gasteiger charge is 2.33. The summed E-state index contributed by atoms with van der Waals surface area (Å²) < 4.78 is 39.5. The standard InChI is InChI=1S/C20H25F3N6O/c1-3-4-13-10-18(29-8-7-15(11-29)25-12(2)30)28-19(26-13)27-14-5-6-17(24)16(9-14)20(21,22)23/h5-6,9-10,15H,3-4,7-8,11,24H2,1-2H3,(H,25,30)(H,26,27,28). The highest BCUT2D eigenvalue weighted by molar-refractivity contribution is 5.73. The second-order valence-electron chi connectivity index (χ2n) is 7.35. The van der Waals surface area contributed by atoms with Gasteiger partial charge in [-0.25, -0.2) is 4.98 Å². The van der Waals surface area contributed by atoms with Crippen LogP contribution in [0.2, 0.25) is 0 Å². The number of aromatic nitrogens is 2. The van der Waals surface area contributed by atoms with Gasteiger partial charge >= 0.3 is 6.18 Å². The predicted octanol–water partition coefficient (Wildman–Crippen LogP) is 3.49. The van der Waals surface area contributed by atoms with E-state index in [2.05, 4.69) is 20.6 Å². The maximum atomic E-state index is 13.2. The number of anilines is 4. The van der Waals surface area contributed by atoms with Crippen molar-refractivity contribution in [1.29, 1.82) is 0 Å². The number of halogens is 3. The van der Waals surface area contributed by atoms with Gasteiger partial charge in [-0.15, -0.1) is 0 Å². The number of nitrogen functional groups attached to an aromatic ring is 1. The minimum Gasteiger partial charge on any atom is -0.398 e. The number of hydrogen-bond donors (Lipinski definition) is 3. The molecule has 0 aliphatic carbocycles. The number of nitrogens with two attached hydrogens (primary N) is 1. The number of aryl methyl sites for hydroxylation is 1. The van der Waals surface area contributed by atoms with Crippen LogP contribution in [0.15, 0.2) is 24.3 Å². The summed E-state index contributed by atoms with van der Waals surface area (Å²) in [7, 11) is 0. The first kappa shape index (κ1) is 21.7. The Morgan fingerprint density at radius 3 is 2.73 bits per heavy atom. The van der Waals surface area contributed by atoms with Gasteiger partial charge in [0.2, 0.25) is 11.9 Å². The Balaban J connectivity index is 1.86. The fraction of sp³-hybridized carbons (Fsp3) is 0.450. The number of benzene rings is 1. The number of carbonyl (C=O) groups excluding carboxylic acids is 1. The van der Waals surface area contributed by atoms with Crippen LogP contribution in [0.5, 0.6) is 0 Å². The minimum atomic E-state index is -4.55. The van der Waals surface area contributed by atoms with Crippen molar-refractivity contribution in [3.8, 4) is 0 Å². The first-order chi connectivity index (χ1) is 14.2. The first-order valence-corrected chi connectivity index (χ1v) is 9.79. The van der Waals surface area contributed by atoms with E-state index in [-0.39, 0.29) is 29.3 Å². The van der Waals surface area contributed by atoms with Gasteiger partial charge < -0.3 is 21.3 Å². The molecule has 1 fully saturated rings. The van der Waals surface area contributed by atoms with Crippen molar-refractivity contribution in [1.82, 2.24) is 15.3 Å². The molecule has 2 aromatic rings. The van der Waals surface area contributed by atoms with E-state index in [1.165, 1.54) is 19.1 Å². The van der Waals surface area contributed by atoms with Crippen LogP contribution < -0.4 is 21.3 Å². The normalized spacial score (nSPS) is 16.6. The lowest BCUT2D eigenvalue weighted by atomic mass is 10.1. The van der Waals surface area contributed by atoms with E-state index < -0.39 is 11.7 Å². The molecule has 3 rings (SSSR count). The molecule has 0 radical (unpaired) electrons. The molecule has 1 aromatic heterocycles. The van der Waals surface area contributed by atoms with Crippen LogP contribution in [0.3, 0.4) is 0 Å². The number of hydrogen-bond acceptors (Lipinski definition) is 6. The van der Waals surface area contributed by atoms with E-state index in [0.717, 1.165) is 24.6 Å². The predicted molar refractivity (Wildman–Crippen MR) is 110 cm³/mol. The summed E-state index contributed by atoms with van der Waals surface area (Å²) in [6.07, 6.45) is -2.18. The largest absolute Gasteiger partial charge is 0.418 e. The zero-order valence-corrected chi connectivity index (χ0v) is 16.9. The quantitative estimate of drug-likeness (QED) is 0.617. The summed E-state index contributed by atoms with van der Waals surface area (Å²) in [6, 6.07) is 5.54. The van der Waals surface area contributed by atoms with E-state index in [1.807, 2.05) is 17.9 Å². The van der Waals surface area contributed by atoms with Crippen molar-refractivity contribution < 1.29 is 18.0 Å². The lowest BCUT2D eigenvalue weighted by molar-refractivity contribution is -0.136. The van der Waals surface area contributed by atoms with Gasteiger partial charge in [-0.2, -0.15) is 18.2 Å². The number of carbonyl (C=O) groups is 1. The molecule has 10 heteroatoms. The zero-order valence-electron chi connectivity index (χ0n) is 16.9. The molecule has 1 saturated heterocycles. The molecule has 1 aliphatic heterocycles. The lowest BCUT2D eigenvalue weighted by Crippen LogP contribution is -2.35. The molecule has 1 aliphatic rings. The second kappa shape index (κ2) is 8.76. The molecule has 1 atom stereocenters. The number of alkyl halides is 3. The minimum absolute atomic E-state index is 0.0370. The smallest absolute Gasteiger partial charge is 0.398 e. The molecule has 7 nitrogen and oxygen atoms in total. The Hall–Kier alpha value is -3.04. The summed E-state index contributed by atoms with van der Waals surface area (Å²) >= 11 is 0. The highest BCUT2D eigenvalue weighted by atomic mass is 19.4. The molecule has 1 aromatic carbocycles. The number of amides is 1. The third kappa shape index (κ3) is 5.31. The molecular weight excluding hydrogens is 397 g/mol. The highest BCUT2D eigenvalue weighted by Crippen LogP contribution is 2.35. The molecular formula is C20H25F3N6O. The summed E-state index contributed by atoms with van der Waals surface area (Å²) in [6.45, 7) is 4.83. The van der Waals surface area contributed by atoms with Crippen LogP contribution in [0.4, 0.5) is 36.3 Å². The van der Waals surface area contributed by atoms with Gasteiger partial charge in [-0.1, -0.05) is 13.3 Å². The van der Waals surface area contributed by atoms with Gasteiger partial charge in [0.25, 0.3) is 0 Å². The van der Waals surface area contributed by atoms with Crippen LogP contribution in [-0.2, 0) is 17.4 Å². The Morgan fingerprint density at radius 2 is 2.07 bits per heavy atom. The van der Waals surface area contributed by atoms with Crippen LogP contribution in [0.1, 0.15) is 37.9 Å². The van der Waals surface area contributed by atoms with E-state index >= 15 is 0 Å². The maximum Gasteiger partial charge on any atom is 0.418 e. The average Bonchev–Trinajstić information content (AvgIpc) is 3.10. The summed E-state index contributed by atoms with van der Waals surface area (Å²) in [4.78, 5) is 22.3. The zero-order chi connectivity index (χ0) is 21.9. The van der Waals surface area contributed by atoms with Gasteiger partial charge in [-0.3, -0.25) is 4.79 Å². The van der Waals surface area contributed by atoms with Gasteiger partial charge in [0.1, 0.15) is 5.82 Å². The van der Waals surface area contributed by atoms with Crippen LogP contribution in [0.25, 0.3) is 0 Å². The summed E-state index contributed by atoms with van der Waals surface area (Å²) in [5.74, 6) is 0.814. The Kier molecular flexibility index (Phi) is 6.33. The lowest BCUT2D eigenvalue weighted by Gasteiger charge is -2.20. The van der Waals surface area contributed by atoms with E-state index in [1.54, 1.807) is 0 Å². The third-order valence-corrected chi connectivity index (χ3v) is 4.81. The molecule has 1 amide bonds. The van der Waals surface area contributed by atoms with E-state index in [9.17, 15) is 18.0 Å². The van der Waals surface area contributed by atoms with Gasteiger partial charge in [0.05, 0.1) is 5.56 Å². The maximum absolute atomic E-state index is 13.2. The second-order valence-corrected chi connectivity index (χ2v) is 7.35. The van der Waals surface area contributed by atoms with Crippen molar-refractivity contribution in [3.05, 3.63) is 35.5 Å². The average molecular weight is 422 g/mol. The fourth-order valence-electron chi connectivity index (χ4n) is 3.47. The number of rotatable bonds is 6. The van der Waals surface area contributed by atoms with E-state index in [4.69, 9.17) is 5.73 Å². The van der Waals surface area contributed by atoms with Crippen LogP contribution >= 0.6 is 0 Å². The Bertz CT molecular complexity index is 918. The van der Waals surface area contributed by atoms with Crippen LogP contribution in [-0.4, -0.2) is 35.0 Å². The number of nitrogens with one attached hydrogen (secondary N) is 2. The molecule has 0 saturated carbocycles. The topological polar surface area (TPSA) is 96.2 Å². The van der Waals surface area contributed by atoms with E-state index in [0.29, 0.717) is 25.3 Å².